The lowest BCUT2D eigenvalue weighted by atomic mass is 10.2. The largest absolute Gasteiger partial charge is 0.391 e. The first-order chi connectivity index (χ1) is 5.89. The smallest absolute Gasteiger partial charge is 0.132 e. The number of aliphatic hydroxyl groups excluding tert-OH is 1. The molecule has 3 nitrogen and oxygen atoms in total. The van der Waals surface area contributed by atoms with Gasteiger partial charge in [0.2, 0.25) is 0 Å². The van der Waals surface area contributed by atoms with Gasteiger partial charge in [-0.25, -0.2) is 0 Å². The Hall–Kier alpha value is 0.350. The van der Waals surface area contributed by atoms with Crippen LogP contribution in [0.1, 0.15) is 20.8 Å². The van der Waals surface area contributed by atoms with Crippen molar-refractivity contribution in [2.45, 2.75) is 36.5 Å². The van der Waals surface area contributed by atoms with Gasteiger partial charge in [-0.15, -0.1) is 0 Å². The summed E-state index contributed by atoms with van der Waals surface area (Å²) in [5, 5.41) is 21.9. The maximum atomic E-state index is 9.63. The summed E-state index contributed by atoms with van der Waals surface area (Å²) >= 11 is 2.15. The van der Waals surface area contributed by atoms with Crippen molar-refractivity contribution in [1.29, 1.82) is 0 Å². The van der Waals surface area contributed by atoms with Gasteiger partial charge < -0.3 is 10.2 Å². The van der Waals surface area contributed by atoms with Crippen molar-refractivity contribution >= 4 is 22.6 Å². The topological polar surface area (TPSA) is 52.5 Å². The van der Waals surface area contributed by atoms with E-state index in [1.165, 1.54) is 0 Å². The molecule has 78 valence electrons. The number of hydrogen-bond acceptors (Lipinski definition) is 3. The Morgan fingerprint density at radius 3 is 2.54 bits per heavy atom. The molecule has 0 aliphatic heterocycles. The molecule has 0 aromatic rings. The minimum Gasteiger partial charge on any atom is -0.391 e. The molecule has 4 heteroatoms. The molecule has 0 heterocycles. The summed E-state index contributed by atoms with van der Waals surface area (Å²) in [4.78, 5) is 0. The van der Waals surface area contributed by atoms with Crippen molar-refractivity contribution in [3.8, 4) is 0 Å². The van der Waals surface area contributed by atoms with E-state index in [0.717, 1.165) is 0 Å². The monoisotopic (exact) mass is 299 g/mol. The van der Waals surface area contributed by atoms with Gasteiger partial charge in [-0.05, 0) is 19.9 Å². The molecule has 0 saturated heterocycles. The molecule has 0 fully saturated rings. The summed E-state index contributed by atoms with van der Waals surface area (Å²) in [6.45, 7) is 5.81. The lowest BCUT2D eigenvalue weighted by molar-refractivity contribution is 0.0548. The van der Waals surface area contributed by atoms with Gasteiger partial charge >= 0.3 is 0 Å². The molecular weight excluding hydrogens is 281 g/mol. The fraction of sp³-hybridized carbons (Fsp3) is 0.778. The number of hydrogen-bond donors (Lipinski definition) is 3. The van der Waals surface area contributed by atoms with Crippen LogP contribution in [0.25, 0.3) is 0 Å². The van der Waals surface area contributed by atoms with Crippen LogP contribution in [0.4, 0.5) is 0 Å². The molecule has 3 atom stereocenters. The molecule has 0 aliphatic rings. The van der Waals surface area contributed by atoms with Gasteiger partial charge in [0.05, 0.1) is 6.10 Å². The van der Waals surface area contributed by atoms with Gasteiger partial charge in [-0.1, -0.05) is 35.6 Å². The minimum absolute atomic E-state index is 0.173. The quantitative estimate of drug-likeness (QED) is 0.308. The van der Waals surface area contributed by atoms with Crippen molar-refractivity contribution in [2.75, 3.05) is 6.54 Å². The van der Waals surface area contributed by atoms with Crippen LogP contribution in [0, 0.1) is 0 Å². The third kappa shape index (κ3) is 6.42. The minimum atomic E-state index is -1.03. The van der Waals surface area contributed by atoms with Crippen molar-refractivity contribution in [2.24, 2.45) is 0 Å². The average Bonchev–Trinajstić information content (AvgIpc) is 2.00. The third-order valence-electron chi connectivity index (χ3n) is 1.69. The van der Waals surface area contributed by atoms with E-state index in [-0.39, 0.29) is 3.92 Å². The van der Waals surface area contributed by atoms with Crippen molar-refractivity contribution in [1.82, 2.24) is 5.32 Å². The first-order valence-corrected chi connectivity index (χ1v) is 5.57. The zero-order chi connectivity index (χ0) is 10.5. The van der Waals surface area contributed by atoms with E-state index in [9.17, 15) is 10.2 Å². The fourth-order valence-corrected chi connectivity index (χ4v) is 1.11. The molecule has 0 radical (unpaired) electrons. The average molecular weight is 299 g/mol. The lowest BCUT2D eigenvalue weighted by Gasteiger charge is -2.23. The zero-order valence-electron chi connectivity index (χ0n) is 8.29. The van der Waals surface area contributed by atoms with E-state index in [1.54, 1.807) is 19.1 Å². The SMILES string of the molecule is CC=CC(C)(O)NCC(O)C(C)I. The second kappa shape index (κ2) is 5.95. The molecule has 0 rings (SSSR count). The Kier molecular flexibility index (Phi) is 6.11. The summed E-state index contributed by atoms with van der Waals surface area (Å²) in [5.74, 6) is 0. The Morgan fingerprint density at radius 1 is 1.62 bits per heavy atom. The first-order valence-electron chi connectivity index (χ1n) is 4.32. The highest BCUT2D eigenvalue weighted by Crippen LogP contribution is 2.06. The van der Waals surface area contributed by atoms with Crippen LogP contribution in [-0.2, 0) is 0 Å². The van der Waals surface area contributed by atoms with Crippen LogP contribution in [0.3, 0.4) is 0 Å². The molecule has 0 bridgehead atoms. The number of aliphatic hydroxyl groups is 2. The predicted molar refractivity (Wildman–Crippen MR) is 62.9 cm³/mol. The van der Waals surface area contributed by atoms with Crippen LogP contribution >= 0.6 is 22.6 Å². The summed E-state index contributed by atoms with van der Waals surface area (Å²) in [7, 11) is 0. The van der Waals surface area contributed by atoms with Crippen molar-refractivity contribution in [3.63, 3.8) is 0 Å². The normalized spacial score (nSPS) is 21.4. The number of nitrogens with one attached hydrogen (secondary N) is 1. The lowest BCUT2D eigenvalue weighted by Crippen LogP contribution is -2.45. The van der Waals surface area contributed by atoms with E-state index < -0.39 is 11.8 Å². The summed E-state index contributed by atoms with van der Waals surface area (Å²) in [6, 6.07) is 0. The Labute approximate surface area is 93.4 Å². The summed E-state index contributed by atoms with van der Waals surface area (Å²) in [6.07, 6.45) is 2.99. The van der Waals surface area contributed by atoms with Crippen molar-refractivity contribution in [3.05, 3.63) is 12.2 Å². The molecule has 0 amide bonds. The predicted octanol–water partition coefficient (Wildman–Crippen LogP) is 1.04. The molecule has 0 aromatic carbocycles. The number of allylic oxidation sites excluding steroid dienone is 1. The fourth-order valence-electron chi connectivity index (χ4n) is 0.857. The molecular formula is C9H18INO2. The van der Waals surface area contributed by atoms with E-state index in [1.807, 2.05) is 13.8 Å². The van der Waals surface area contributed by atoms with Crippen molar-refractivity contribution < 1.29 is 10.2 Å². The van der Waals surface area contributed by atoms with Gasteiger partial charge in [-0.3, -0.25) is 5.32 Å². The molecule has 0 spiro atoms. The summed E-state index contributed by atoms with van der Waals surface area (Å²) < 4.78 is 0.173. The highest BCUT2D eigenvalue weighted by atomic mass is 127. The molecule has 3 N–H and O–H groups in total. The van der Waals surface area contributed by atoms with Gasteiger partial charge in [0.1, 0.15) is 5.72 Å². The Bertz CT molecular complexity index is 169. The maximum Gasteiger partial charge on any atom is 0.132 e. The van der Waals surface area contributed by atoms with Crippen LogP contribution in [0.5, 0.6) is 0 Å². The van der Waals surface area contributed by atoms with E-state index in [4.69, 9.17) is 0 Å². The Balaban J connectivity index is 3.87. The molecule has 0 aliphatic carbocycles. The maximum absolute atomic E-state index is 9.63. The number of rotatable bonds is 5. The second-order valence-electron chi connectivity index (χ2n) is 3.27. The first kappa shape index (κ1) is 13.4. The van der Waals surface area contributed by atoms with Gasteiger partial charge in [-0.2, -0.15) is 0 Å². The molecule has 0 aromatic heterocycles. The van der Waals surface area contributed by atoms with Crippen LogP contribution in [-0.4, -0.2) is 32.5 Å². The van der Waals surface area contributed by atoms with Crippen LogP contribution in [0.2, 0.25) is 0 Å². The number of alkyl halides is 1. The third-order valence-corrected chi connectivity index (χ3v) is 2.52. The zero-order valence-corrected chi connectivity index (χ0v) is 10.4. The van der Waals surface area contributed by atoms with E-state index in [0.29, 0.717) is 6.54 Å². The molecule has 0 saturated carbocycles. The van der Waals surface area contributed by atoms with E-state index in [2.05, 4.69) is 27.9 Å². The number of halogens is 1. The Morgan fingerprint density at radius 2 is 2.15 bits per heavy atom. The van der Waals surface area contributed by atoms with Gasteiger partial charge in [0.15, 0.2) is 0 Å². The van der Waals surface area contributed by atoms with Crippen LogP contribution < -0.4 is 5.32 Å². The highest BCUT2D eigenvalue weighted by Gasteiger charge is 2.18. The van der Waals surface area contributed by atoms with Crippen LogP contribution in [0.15, 0.2) is 12.2 Å². The van der Waals surface area contributed by atoms with Gasteiger partial charge in [0.25, 0.3) is 0 Å². The second-order valence-corrected chi connectivity index (χ2v) is 5.24. The molecule has 3 unspecified atom stereocenters. The summed E-state index contributed by atoms with van der Waals surface area (Å²) in [5.41, 5.74) is -1.03. The molecule has 13 heavy (non-hydrogen) atoms. The van der Waals surface area contributed by atoms with E-state index >= 15 is 0 Å². The standard InChI is InChI=1S/C9H18INO2/c1-4-5-9(3,13)11-6-8(12)7(2)10/h4-5,7-8,11-13H,6H2,1-3H3. The van der Waals surface area contributed by atoms with Gasteiger partial charge in [0, 0.05) is 10.5 Å². The highest BCUT2D eigenvalue weighted by molar-refractivity contribution is 14.1.